The van der Waals surface area contributed by atoms with Crippen LogP contribution in [0, 0.1) is 11.3 Å². The molecule has 0 unspecified atom stereocenters. The quantitative estimate of drug-likeness (QED) is 0.274. The van der Waals surface area contributed by atoms with Gasteiger partial charge in [-0.15, -0.1) is 0 Å². The van der Waals surface area contributed by atoms with E-state index in [1.807, 2.05) is 13.8 Å². The van der Waals surface area contributed by atoms with E-state index < -0.39 is 17.4 Å². The number of ether oxygens (including phenoxy) is 2. The van der Waals surface area contributed by atoms with Gasteiger partial charge in [-0.1, -0.05) is 65.7 Å². The first kappa shape index (κ1) is 21.9. The molecule has 0 saturated carbocycles. The van der Waals surface area contributed by atoms with Gasteiger partial charge < -0.3 is 9.47 Å². The lowest BCUT2D eigenvalue weighted by molar-refractivity contribution is -0.176. The lowest BCUT2D eigenvalue weighted by Crippen LogP contribution is -2.46. The summed E-state index contributed by atoms with van der Waals surface area (Å²) in [6, 6.07) is 0. The average molecular weight is 328 g/mol. The van der Waals surface area contributed by atoms with Gasteiger partial charge in [-0.2, -0.15) is 0 Å². The molecule has 0 heterocycles. The fourth-order valence-corrected chi connectivity index (χ4v) is 2.93. The Labute approximate surface area is 142 Å². The SMILES string of the molecule is CCCCCCCCCC(C(=O)OCC)(C(=O)OCC)C(C)C. The number of esters is 2. The van der Waals surface area contributed by atoms with Gasteiger partial charge in [0.1, 0.15) is 0 Å². The molecule has 0 bridgehead atoms. The van der Waals surface area contributed by atoms with Crippen molar-refractivity contribution in [3.05, 3.63) is 0 Å². The van der Waals surface area contributed by atoms with E-state index in [2.05, 4.69) is 6.92 Å². The van der Waals surface area contributed by atoms with E-state index in [0.29, 0.717) is 6.42 Å². The van der Waals surface area contributed by atoms with Gasteiger partial charge in [-0.3, -0.25) is 9.59 Å². The molecule has 0 saturated heterocycles. The van der Waals surface area contributed by atoms with Gasteiger partial charge in [0, 0.05) is 0 Å². The molecule has 0 atom stereocenters. The summed E-state index contributed by atoms with van der Waals surface area (Å²) >= 11 is 0. The molecule has 0 aromatic heterocycles. The molecule has 136 valence electrons. The second-order valence-electron chi connectivity index (χ2n) is 6.44. The van der Waals surface area contributed by atoms with Crippen LogP contribution in [0.5, 0.6) is 0 Å². The third kappa shape index (κ3) is 6.92. The standard InChI is InChI=1S/C19H36O4/c1-6-9-10-11-12-13-14-15-19(16(4)5,17(20)22-7-2)18(21)23-8-3/h16H,6-15H2,1-5H3. The molecule has 23 heavy (non-hydrogen) atoms. The first-order chi connectivity index (χ1) is 11.0. The predicted octanol–water partition coefficient (Wildman–Crippen LogP) is 4.90. The number of unbranched alkanes of at least 4 members (excludes halogenated alkanes) is 6. The number of carbonyl (C=O) groups excluding carboxylic acids is 2. The van der Waals surface area contributed by atoms with Crippen LogP contribution >= 0.6 is 0 Å². The summed E-state index contributed by atoms with van der Waals surface area (Å²) in [4.78, 5) is 25.0. The normalized spacial score (nSPS) is 11.6. The third-order valence-corrected chi connectivity index (χ3v) is 4.44. The molecular weight excluding hydrogens is 292 g/mol. The van der Waals surface area contributed by atoms with Crippen LogP contribution in [-0.4, -0.2) is 25.2 Å². The monoisotopic (exact) mass is 328 g/mol. The van der Waals surface area contributed by atoms with Crippen LogP contribution < -0.4 is 0 Å². The zero-order chi connectivity index (χ0) is 17.7. The molecule has 0 radical (unpaired) electrons. The Hall–Kier alpha value is -1.06. The Morgan fingerprint density at radius 3 is 1.61 bits per heavy atom. The second-order valence-corrected chi connectivity index (χ2v) is 6.44. The van der Waals surface area contributed by atoms with Gasteiger partial charge >= 0.3 is 11.9 Å². The van der Waals surface area contributed by atoms with Crippen molar-refractivity contribution < 1.29 is 19.1 Å². The van der Waals surface area contributed by atoms with Crippen LogP contribution in [0.25, 0.3) is 0 Å². The van der Waals surface area contributed by atoms with Crippen molar-refractivity contribution in [2.45, 2.75) is 86.0 Å². The Morgan fingerprint density at radius 2 is 1.22 bits per heavy atom. The van der Waals surface area contributed by atoms with Crippen LogP contribution in [-0.2, 0) is 19.1 Å². The first-order valence-electron chi connectivity index (χ1n) is 9.31. The maximum atomic E-state index is 12.5. The molecule has 0 rings (SSSR count). The zero-order valence-corrected chi connectivity index (χ0v) is 15.8. The smallest absolute Gasteiger partial charge is 0.323 e. The fraction of sp³-hybridized carbons (Fsp3) is 0.895. The molecule has 4 nitrogen and oxygen atoms in total. The van der Waals surface area contributed by atoms with Crippen molar-refractivity contribution >= 4 is 11.9 Å². The molecule has 0 aromatic carbocycles. The highest BCUT2D eigenvalue weighted by atomic mass is 16.6. The van der Waals surface area contributed by atoms with E-state index in [-0.39, 0.29) is 19.1 Å². The van der Waals surface area contributed by atoms with E-state index in [1.54, 1.807) is 13.8 Å². The van der Waals surface area contributed by atoms with Crippen LogP contribution in [0.2, 0.25) is 0 Å². The Kier molecular flexibility index (Phi) is 11.8. The van der Waals surface area contributed by atoms with E-state index in [0.717, 1.165) is 19.3 Å². The predicted molar refractivity (Wildman–Crippen MR) is 93.1 cm³/mol. The van der Waals surface area contributed by atoms with Gasteiger partial charge in [0.2, 0.25) is 0 Å². The molecule has 0 spiro atoms. The van der Waals surface area contributed by atoms with Crippen LogP contribution in [0.1, 0.15) is 86.0 Å². The molecular formula is C19H36O4. The lowest BCUT2D eigenvalue weighted by Gasteiger charge is -2.32. The first-order valence-corrected chi connectivity index (χ1v) is 9.31. The van der Waals surface area contributed by atoms with Crippen LogP contribution in [0.3, 0.4) is 0 Å². The minimum atomic E-state index is -1.16. The topological polar surface area (TPSA) is 52.6 Å². The zero-order valence-electron chi connectivity index (χ0n) is 15.8. The number of carbonyl (C=O) groups is 2. The third-order valence-electron chi connectivity index (χ3n) is 4.44. The van der Waals surface area contributed by atoms with Gasteiger partial charge in [0.15, 0.2) is 5.41 Å². The van der Waals surface area contributed by atoms with Gasteiger partial charge in [-0.05, 0) is 26.2 Å². The van der Waals surface area contributed by atoms with Crippen molar-refractivity contribution in [2.75, 3.05) is 13.2 Å². The van der Waals surface area contributed by atoms with Crippen molar-refractivity contribution in [2.24, 2.45) is 11.3 Å². The summed E-state index contributed by atoms with van der Waals surface area (Å²) in [5.74, 6) is -1.00. The lowest BCUT2D eigenvalue weighted by atomic mass is 9.73. The highest BCUT2D eigenvalue weighted by Crippen LogP contribution is 2.37. The molecule has 0 fully saturated rings. The molecule has 0 aliphatic rings. The molecule has 0 N–H and O–H groups in total. The number of hydrogen-bond donors (Lipinski definition) is 0. The number of rotatable bonds is 13. The van der Waals surface area contributed by atoms with Crippen molar-refractivity contribution in [3.8, 4) is 0 Å². The highest BCUT2D eigenvalue weighted by molar-refractivity contribution is 6.00. The van der Waals surface area contributed by atoms with E-state index in [9.17, 15) is 9.59 Å². The Balaban J connectivity index is 4.76. The van der Waals surface area contributed by atoms with Gasteiger partial charge in [0.25, 0.3) is 0 Å². The summed E-state index contributed by atoms with van der Waals surface area (Å²) in [6.07, 6.45) is 8.56. The van der Waals surface area contributed by atoms with Crippen LogP contribution in [0.15, 0.2) is 0 Å². The number of hydrogen-bond acceptors (Lipinski definition) is 4. The minimum Gasteiger partial charge on any atom is -0.465 e. The van der Waals surface area contributed by atoms with E-state index in [1.165, 1.54) is 25.7 Å². The molecule has 4 heteroatoms. The molecule has 0 aliphatic heterocycles. The molecule has 0 aromatic rings. The average Bonchev–Trinajstić information content (AvgIpc) is 2.50. The largest absolute Gasteiger partial charge is 0.465 e. The molecule has 0 amide bonds. The minimum absolute atomic E-state index is 0.138. The Bertz CT molecular complexity index is 318. The van der Waals surface area contributed by atoms with E-state index >= 15 is 0 Å². The maximum Gasteiger partial charge on any atom is 0.323 e. The van der Waals surface area contributed by atoms with E-state index in [4.69, 9.17) is 9.47 Å². The molecule has 0 aliphatic carbocycles. The van der Waals surface area contributed by atoms with Gasteiger partial charge in [0.05, 0.1) is 13.2 Å². The van der Waals surface area contributed by atoms with Crippen LogP contribution in [0.4, 0.5) is 0 Å². The highest BCUT2D eigenvalue weighted by Gasteiger charge is 2.50. The van der Waals surface area contributed by atoms with Gasteiger partial charge in [-0.25, -0.2) is 0 Å². The summed E-state index contributed by atoms with van der Waals surface area (Å²) < 4.78 is 10.4. The summed E-state index contributed by atoms with van der Waals surface area (Å²) in [7, 11) is 0. The Morgan fingerprint density at radius 1 is 0.783 bits per heavy atom. The van der Waals surface area contributed by atoms with Crippen molar-refractivity contribution in [1.82, 2.24) is 0 Å². The summed E-state index contributed by atoms with van der Waals surface area (Å²) in [5.41, 5.74) is -1.16. The summed E-state index contributed by atoms with van der Waals surface area (Å²) in [6.45, 7) is 10.1. The summed E-state index contributed by atoms with van der Waals surface area (Å²) in [5, 5.41) is 0. The maximum absolute atomic E-state index is 12.5. The second kappa shape index (κ2) is 12.4. The van der Waals surface area contributed by atoms with Crippen molar-refractivity contribution in [1.29, 1.82) is 0 Å². The van der Waals surface area contributed by atoms with Crippen molar-refractivity contribution in [3.63, 3.8) is 0 Å². The fourth-order valence-electron chi connectivity index (χ4n) is 2.93.